The van der Waals surface area contributed by atoms with Crippen LogP contribution < -0.4 is 15.0 Å². The second-order valence-electron chi connectivity index (χ2n) is 9.94. The molecule has 8 nitrogen and oxygen atoms in total. The summed E-state index contributed by atoms with van der Waals surface area (Å²) in [6.07, 6.45) is 2.74. The molecule has 0 radical (unpaired) electrons. The van der Waals surface area contributed by atoms with Crippen molar-refractivity contribution in [3.63, 3.8) is 0 Å². The highest BCUT2D eigenvalue weighted by Crippen LogP contribution is 2.47. The molecule has 5 rings (SSSR count). The molecule has 1 atom stereocenters. The van der Waals surface area contributed by atoms with E-state index in [2.05, 4.69) is 15.3 Å². The largest absolute Gasteiger partial charge is 0.497 e. The number of ether oxygens (including phenoxy) is 1. The molecule has 3 aromatic rings. The van der Waals surface area contributed by atoms with E-state index in [1.807, 2.05) is 0 Å². The van der Waals surface area contributed by atoms with Gasteiger partial charge in [0.15, 0.2) is 5.60 Å². The highest BCUT2D eigenvalue weighted by molar-refractivity contribution is 6.30. The fourth-order valence-electron chi connectivity index (χ4n) is 5.51. The topological polar surface area (TPSA) is 105 Å². The minimum Gasteiger partial charge on any atom is -0.497 e. The number of benzene rings is 1. The van der Waals surface area contributed by atoms with E-state index < -0.39 is 35.4 Å². The fourth-order valence-corrected chi connectivity index (χ4v) is 5.67. The molecule has 12 heteroatoms. The first-order valence-corrected chi connectivity index (χ1v) is 13.1. The zero-order chi connectivity index (χ0) is 28.6. The Hall–Kier alpha value is -3.70. The van der Waals surface area contributed by atoms with E-state index in [-0.39, 0.29) is 40.2 Å². The molecular weight excluding hydrogens is 549 g/mol. The lowest BCUT2D eigenvalue weighted by molar-refractivity contribution is -0.132. The van der Waals surface area contributed by atoms with Crippen molar-refractivity contribution in [3.8, 4) is 5.75 Å². The number of hydrogen-bond donors (Lipinski definition) is 2. The van der Waals surface area contributed by atoms with E-state index in [9.17, 15) is 27.9 Å². The molecule has 1 unspecified atom stereocenters. The van der Waals surface area contributed by atoms with Gasteiger partial charge in [-0.3, -0.25) is 19.6 Å². The molecule has 40 heavy (non-hydrogen) atoms. The van der Waals surface area contributed by atoms with E-state index in [1.54, 1.807) is 18.2 Å². The number of aromatic nitrogens is 2. The predicted molar refractivity (Wildman–Crippen MR) is 140 cm³/mol. The first-order valence-electron chi connectivity index (χ1n) is 12.7. The van der Waals surface area contributed by atoms with E-state index in [0.29, 0.717) is 37.1 Å². The van der Waals surface area contributed by atoms with Crippen molar-refractivity contribution in [1.29, 1.82) is 0 Å². The molecule has 1 aliphatic heterocycles. The molecule has 0 spiro atoms. The van der Waals surface area contributed by atoms with Crippen molar-refractivity contribution in [2.75, 3.05) is 18.6 Å². The molecule has 2 aliphatic rings. The molecule has 0 saturated heterocycles. The Labute approximate surface area is 233 Å². The van der Waals surface area contributed by atoms with Crippen molar-refractivity contribution in [1.82, 2.24) is 15.3 Å². The third-order valence-corrected chi connectivity index (χ3v) is 7.77. The zero-order valence-corrected chi connectivity index (χ0v) is 22.2. The number of carbonyl (C=O) groups excluding carboxylic acids is 2. The normalized spacial score (nSPS) is 22.4. The predicted octanol–water partition coefficient (Wildman–Crippen LogP) is 4.79. The van der Waals surface area contributed by atoms with Gasteiger partial charge < -0.3 is 20.1 Å². The third kappa shape index (κ3) is 4.99. The lowest BCUT2D eigenvalue weighted by Crippen LogP contribution is -2.45. The number of fused-ring (bicyclic) bond motifs is 1. The van der Waals surface area contributed by atoms with Crippen LogP contribution in [-0.2, 0) is 10.4 Å². The average molecular weight is 575 g/mol. The molecule has 2 aromatic heterocycles. The van der Waals surface area contributed by atoms with Crippen molar-refractivity contribution >= 4 is 29.1 Å². The van der Waals surface area contributed by atoms with Crippen LogP contribution in [0.3, 0.4) is 0 Å². The van der Waals surface area contributed by atoms with Gasteiger partial charge in [0.05, 0.1) is 29.6 Å². The van der Waals surface area contributed by atoms with Gasteiger partial charge in [-0.25, -0.2) is 13.2 Å². The number of pyridine rings is 2. The van der Waals surface area contributed by atoms with Crippen LogP contribution in [-0.4, -0.2) is 46.6 Å². The van der Waals surface area contributed by atoms with Crippen molar-refractivity contribution in [2.45, 2.75) is 43.8 Å². The molecule has 2 amide bonds. The van der Waals surface area contributed by atoms with Gasteiger partial charge in [-0.05, 0) is 55.9 Å². The Kier molecular flexibility index (Phi) is 7.70. The van der Waals surface area contributed by atoms with Gasteiger partial charge in [0.2, 0.25) is 0 Å². The summed E-state index contributed by atoms with van der Waals surface area (Å²) in [7, 11) is 1.48. The van der Waals surface area contributed by atoms with Gasteiger partial charge in [-0.15, -0.1) is 0 Å². The summed E-state index contributed by atoms with van der Waals surface area (Å²) in [5, 5.41) is 14.5. The number of alkyl halides is 2. The minimum atomic E-state index is -2.92. The van der Waals surface area contributed by atoms with E-state index in [1.165, 1.54) is 30.3 Å². The third-order valence-electron chi connectivity index (χ3n) is 7.56. The number of methoxy groups -OCH3 is 1. The van der Waals surface area contributed by atoms with Crippen LogP contribution in [0.1, 0.15) is 59.3 Å². The molecule has 1 saturated carbocycles. The first kappa shape index (κ1) is 27.9. The Balaban J connectivity index is 1.31. The molecule has 1 fully saturated rings. The number of anilines is 1. The summed E-state index contributed by atoms with van der Waals surface area (Å²) in [5.74, 6) is -1.67. The number of nitrogens with zero attached hydrogens (tertiary/aromatic N) is 3. The molecule has 3 heterocycles. The second-order valence-corrected chi connectivity index (χ2v) is 10.4. The minimum absolute atomic E-state index is 0.00486. The van der Waals surface area contributed by atoms with E-state index in [4.69, 9.17) is 16.3 Å². The number of halogens is 4. The van der Waals surface area contributed by atoms with Crippen LogP contribution in [0.5, 0.6) is 5.75 Å². The summed E-state index contributed by atoms with van der Waals surface area (Å²) in [4.78, 5) is 35.2. The molecule has 210 valence electrons. The maximum absolute atomic E-state index is 14.7. The summed E-state index contributed by atoms with van der Waals surface area (Å²) < 4.78 is 46.8. The Morgan fingerprint density at radius 3 is 2.62 bits per heavy atom. The Morgan fingerprint density at radius 1 is 1.20 bits per heavy atom. The smallest absolute Gasteiger partial charge is 0.281 e. The van der Waals surface area contributed by atoms with Gasteiger partial charge in [0.25, 0.3) is 18.2 Å². The maximum atomic E-state index is 14.7. The van der Waals surface area contributed by atoms with E-state index >= 15 is 0 Å². The Bertz CT molecular complexity index is 1450. The lowest BCUT2D eigenvalue weighted by Gasteiger charge is -2.32. The van der Waals surface area contributed by atoms with Crippen LogP contribution >= 0.6 is 11.6 Å². The molecule has 0 bridgehead atoms. The highest BCUT2D eigenvalue weighted by Gasteiger charge is 2.53. The van der Waals surface area contributed by atoms with Crippen LogP contribution in [0, 0.1) is 11.7 Å². The average Bonchev–Trinajstić information content (AvgIpc) is 3.15. The monoisotopic (exact) mass is 574 g/mol. The number of amides is 2. The van der Waals surface area contributed by atoms with Crippen LogP contribution in [0.25, 0.3) is 0 Å². The first-order chi connectivity index (χ1) is 19.1. The molecular formula is C28H26ClF3N4O4. The number of nitrogens with one attached hydrogen (secondary N) is 1. The summed E-state index contributed by atoms with van der Waals surface area (Å²) in [5.41, 5.74) is -2.64. The summed E-state index contributed by atoms with van der Waals surface area (Å²) in [6.45, 7) is 0.252. The van der Waals surface area contributed by atoms with Crippen molar-refractivity contribution in [2.24, 2.45) is 5.92 Å². The summed E-state index contributed by atoms with van der Waals surface area (Å²) in [6, 6.07) is 6.98. The van der Waals surface area contributed by atoms with Gasteiger partial charge >= 0.3 is 0 Å². The van der Waals surface area contributed by atoms with Crippen LogP contribution in [0.4, 0.5) is 18.9 Å². The fraction of sp³-hybridized carbons (Fsp3) is 0.357. The lowest BCUT2D eigenvalue weighted by atomic mass is 9.85. The number of rotatable bonds is 7. The zero-order valence-electron chi connectivity index (χ0n) is 21.4. The SMILES string of the molecule is COc1ccc2c(c1)N(CC1CCC(NC(=O)c3cc(Cl)cnc3C(F)F)CC1)C(=O)C2(O)c1ccncc1F. The van der Waals surface area contributed by atoms with Gasteiger partial charge in [0.1, 0.15) is 17.3 Å². The van der Waals surface area contributed by atoms with Crippen molar-refractivity contribution < 1.29 is 32.6 Å². The molecule has 2 N–H and O–H groups in total. The van der Waals surface area contributed by atoms with Crippen molar-refractivity contribution in [3.05, 3.63) is 82.1 Å². The highest BCUT2D eigenvalue weighted by atomic mass is 35.5. The van der Waals surface area contributed by atoms with Crippen LogP contribution in [0.2, 0.25) is 5.02 Å². The number of hydrogen-bond acceptors (Lipinski definition) is 6. The molecule has 1 aliphatic carbocycles. The quantitative estimate of drug-likeness (QED) is 0.421. The second kappa shape index (κ2) is 11.1. The molecule has 1 aromatic carbocycles. The van der Waals surface area contributed by atoms with Gasteiger partial charge in [0, 0.05) is 42.2 Å². The standard InChI is InChI=1S/C28H26ClF3N4O4/c1-40-18-6-7-21-23(11-18)36(27(38)28(21,39)20-8-9-33-13-22(20)30)14-15-2-4-17(5-3-15)35-26(37)19-10-16(29)12-34-24(19)25(31)32/h6-13,15,17,25,39H,2-5,14H2,1H3,(H,35,37). The van der Waals surface area contributed by atoms with Gasteiger partial charge in [-0.1, -0.05) is 11.6 Å². The van der Waals surface area contributed by atoms with E-state index in [0.717, 1.165) is 12.4 Å². The van der Waals surface area contributed by atoms with Crippen LogP contribution in [0.15, 0.2) is 48.9 Å². The Morgan fingerprint density at radius 2 is 1.95 bits per heavy atom. The van der Waals surface area contributed by atoms with Gasteiger partial charge in [-0.2, -0.15) is 0 Å². The summed E-state index contributed by atoms with van der Waals surface area (Å²) >= 11 is 5.87. The number of aliphatic hydroxyl groups is 1. The number of carbonyl (C=O) groups is 2. The maximum Gasteiger partial charge on any atom is 0.281 e.